The largest absolute Gasteiger partial charge is 0.504 e. The Balaban J connectivity index is 1.43. The standard InChI is InChI=1S/C33H25F4N3O4/c1-44-30-14-22(8-11-28(30)41)23-13-25(32(38)39-15-23)20-4-2-19(3-5-20)12-29(42)27-17-40(18-33(35,36)37)16-26(31(27)43)21-6-9-24(34)10-7-21/h2-11,13-17,41H,12,18H2,1H3,(H2,38,39). The molecule has 0 amide bonds. The van der Waals surface area contributed by atoms with Crippen LogP contribution in [-0.4, -0.2) is 33.7 Å². The molecule has 0 saturated heterocycles. The summed E-state index contributed by atoms with van der Waals surface area (Å²) in [5.41, 5.74) is 8.27. The van der Waals surface area contributed by atoms with E-state index in [0.717, 1.165) is 34.7 Å². The number of aromatic hydroxyl groups is 1. The first-order valence-corrected chi connectivity index (χ1v) is 13.2. The average Bonchev–Trinajstić information content (AvgIpc) is 2.99. The van der Waals surface area contributed by atoms with Gasteiger partial charge in [0.05, 0.1) is 12.7 Å². The molecule has 0 unspecified atom stereocenters. The Morgan fingerprint density at radius 2 is 1.55 bits per heavy atom. The van der Waals surface area contributed by atoms with Crippen LogP contribution in [0.5, 0.6) is 11.5 Å². The number of nitrogens with two attached hydrogens (primary N) is 1. The first kappa shape index (κ1) is 30.0. The summed E-state index contributed by atoms with van der Waals surface area (Å²) in [6.45, 7) is -1.41. The van der Waals surface area contributed by atoms with E-state index >= 15 is 0 Å². The Morgan fingerprint density at radius 3 is 2.20 bits per heavy atom. The number of alkyl halides is 3. The highest BCUT2D eigenvalue weighted by atomic mass is 19.4. The van der Waals surface area contributed by atoms with E-state index in [0.29, 0.717) is 28.0 Å². The number of phenolic OH excluding ortho intramolecular Hbond substituents is 1. The van der Waals surface area contributed by atoms with Crippen LogP contribution in [-0.2, 0) is 13.0 Å². The molecule has 224 valence electrons. The van der Waals surface area contributed by atoms with Crippen molar-refractivity contribution in [1.82, 2.24) is 9.55 Å². The van der Waals surface area contributed by atoms with Crippen LogP contribution < -0.4 is 15.9 Å². The molecule has 11 heteroatoms. The van der Waals surface area contributed by atoms with E-state index < -0.39 is 35.3 Å². The molecule has 0 saturated carbocycles. The van der Waals surface area contributed by atoms with Crippen LogP contribution >= 0.6 is 0 Å². The van der Waals surface area contributed by atoms with Crippen molar-refractivity contribution < 1.29 is 32.2 Å². The summed E-state index contributed by atoms with van der Waals surface area (Å²) in [4.78, 5) is 30.8. The van der Waals surface area contributed by atoms with Crippen molar-refractivity contribution in [1.29, 1.82) is 0 Å². The van der Waals surface area contributed by atoms with Gasteiger partial charge in [-0.25, -0.2) is 9.37 Å². The first-order chi connectivity index (χ1) is 20.9. The highest BCUT2D eigenvalue weighted by Crippen LogP contribution is 2.34. The summed E-state index contributed by atoms with van der Waals surface area (Å²) in [6.07, 6.45) is -1.36. The number of benzene rings is 3. The number of ketones is 1. The predicted octanol–water partition coefficient (Wildman–Crippen LogP) is 6.67. The maximum Gasteiger partial charge on any atom is 0.406 e. The summed E-state index contributed by atoms with van der Waals surface area (Å²) in [5.74, 6) is -0.710. The second-order valence-electron chi connectivity index (χ2n) is 10.0. The molecule has 3 aromatic carbocycles. The Hall–Kier alpha value is -5.45. The van der Waals surface area contributed by atoms with Gasteiger partial charge in [0.15, 0.2) is 22.7 Å². The summed E-state index contributed by atoms with van der Waals surface area (Å²) >= 11 is 0. The van der Waals surface area contributed by atoms with E-state index in [1.807, 2.05) is 6.07 Å². The van der Waals surface area contributed by atoms with Crippen molar-refractivity contribution in [2.75, 3.05) is 12.8 Å². The number of carbonyl (C=O) groups excluding carboxylic acids is 1. The van der Waals surface area contributed by atoms with Crippen molar-refractivity contribution in [2.45, 2.75) is 19.1 Å². The van der Waals surface area contributed by atoms with Gasteiger partial charge in [-0.1, -0.05) is 42.5 Å². The zero-order chi connectivity index (χ0) is 31.6. The number of ether oxygens (including phenoxy) is 1. The molecule has 2 heterocycles. The molecule has 0 atom stereocenters. The van der Waals surface area contributed by atoms with Crippen LogP contribution in [0.15, 0.2) is 96.2 Å². The Labute approximate surface area is 248 Å². The lowest BCUT2D eigenvalue weighted by atomic mass is 9.97. The van der Waals surface area contributed by atoms with E-state index in [2.05, 4.69) is 4.98 Å². The van der Waals surface area contributed by atoms with Crippen molar-refractivity contribution in [3.63, 3.8) is 0 Å². The van der Waals surface area contributed by atoms with Crippen LogP contribution in [0.2, 0.25) is 0 Å². The molecule has 0 aliphatic heterocycles. The lowest BCUT2D eigenvalue weighted by Gasteiger charge is -2.14. The van der Waals surface area contributed by atoms with E-state index in [4.69, 9.17) is 10.5 Å². The number of nitrogens with zero attached hydrogens (tertiary/aromatic N) is 2. The molecule has 0 radical (unpaired) electrons. The van der Waals surface area contributed by atoms with E-state index in [-0.39, 0.29) is 29.1 Å². The van der Waals surface area contributed by atoms with E-state index in [9.17, 15) is 32.3 Å². The lowest BCUT2D eigenvalue weighted by molar-refractivity contribution is -0.140. The van der Waals surface area contributed by atoms with E-state index in [1.54, 1.807) is 42.6 Å². The molecule has 0 fully saturated rings. The van der Waals surface area contributed by atoms with Crippen molar-refractivity contribution >= 4 is 11.6 Å². The summed E-state index contributed by atoms with van der Waals surface area (Å²) in [5, 5.41) is 9.91. The number of Topliss-reactive ketones (excluding diaryl/α,β-unsaturated/α-hetero) is 1. The third kappa shape index (κ3) is 6.62. The topological polar surface area (TPSA) is 107 Å². The fourth-order valence-corrected chi connectivity index (χ4v) is 4.77. The van der Waals surface area contributed by atoms with Crippen LogP contribution in [0.3, 0.4) is 0 Å². The highest BCUT2D eigenvalue weighted by Gasteiger charge is 2.29. The van der Waals surface area contributed by atoms with Gasteiger partial charge in [0, 0.05) is 41.7 Å². The second-order valence-corrected chi connectivity index (χ2v) is 10.0. The molecule has 3 N–H and O–H groups in total. The summed E-state index contributed by atoms with van der Waals surface area (Å²) < 4.78 is 59.0. The number of pyridine rings is 2. The first-order valence-electron chi connectivity index (χ1n) is 13.2. The number of hydrogen-bond donors (Lipinski definition) is 2. The molecule has 5 aromatic rings. The zero-order valence-electron chi connectivity index (χ0n) is 23.2. The molecule has 0 bridgehead atoms. The fourth-order valence-electron chi connectivity index (χ4n) is 4.77. The monoisotopic (exact) mass is 603 g/mol. The lowest BCUT2D eigenvalue weighted by Crippen LogP contribution is -2.24. The van der Waals surface area contributed by atoms with Gasteiger partial charge in [0.2, 0.25) is 0 Å². The Bertz CT molecular complexity index is 1900. The number of hydrogen-bond acceptors (Lipinski definition) is 6. The summed E-state index contributed by atoms with van der Waals surface area (Å²) in [6, 6.07) is 18.1. The molecular weight excluding hydrogens is 578 g/mol. The van der Waals surface area contributed by atoms with Gasteiger partial charge in [-0.3, -0.25) is 9.59 Å². The number of phenols is 1. The van der Waals surface area contributed by atoms with Gasteiger partial charge in [0.1, 0.15) is 18.2 Å². The summed E-state index contributed by atoms with van der Waals surface area (Å²) in [7, 11) is 1.44. The average molecular weight is 604 g/mol. The second kappa shape index (κ2) is 12.0. The van der Waals surface area contributed by atoms with E-state index in [1.165, 1.54) is 25.3 Å². The minimum absolute atomic E-state index is 0.00790. The van der Waals surface area contributed by atoms with Crippen LogP contribution in [0.25, 0.3) is 33.4 Å². The molecule has 0 aliphatic carbocycles. The molecule has 7 nitrogen and oxygen atoms in total. The SMILES string of the molecule is COc1cc(-c2cnc(N)c(-c3ccc(CC(=O)c4cn(CC(F)(F)F)cc(-c5ccc(F)cc5)c4=O)cc3)c2)ccc1O. The Kier molecular flexibility index (Phi) is 8.21. The van der Waals surface area contributed by atoms with Gasteiger partial charge >= 0.3 is 6.18 Å². The third-order valence-electron chi connectivity index (χ3n) is 6.96. The predicted molar refractivity (Wildman–Crippen MR) is 158 cm³/mol. The van der Waals surface area contributed by atoms with Crippen LogP contribution in [0, 0.1) is 5.82 Å². The smallest absolute Gasteiger partial charge is 0.406 e. The van der Waals surface area contributed by atoms with Gasteiger partial charge in [0.25, 0.3) is 0 Å². The maximum atomic E-state index is 13.4. The molecular formula is C33H25F4N3O4. The van der Waals surface area contributed by atoms with Gasteiger partial charge in [-0.15, -0.1) is 0 Å². The third-order valence-corrected chi connectivity index (χ3v) is 6.96. The Morgan fingerprint density at radius 1 is 0.909 bits per heavy atom. The fraction of sp³-hybridized carbons (Fsp3) is 0.121. The molecule has 0 spiro atoms. The maximum absolute atomic E-state index is 13.4. The molecule has 2 aromatic heterocycles. The highest BCUT2D eigenvalue weighted by molar-refractivity contribution is 5.98. The number of methoxy groups -OCH3 is 1. The van der Waals surface area contributed by atoms with Gasteiger partial charge in [-0.2, -0.15) is 13.2 Å². The molecule has 44 heavy (non-hydrogen) atoms. The van der Waals surface area contributed by atoms with Crippen LogP contribution in [0.4, 0.5) is 23.4 Å². The van der Waals surface area contributed by atoms with Crippen molar-refractivity contribution in [2.24, 2.45) is 0 Å². The number of halogens is 4. The number of nitrogen functional groups attached to an aromatic ring is 1. The minimum atomic E-state index is -4.60. The number of carbonyl (C=O) groups is 1. The van der Waals surface area contributed by atoms with Crippen molar-refractivity contribution in [3.05, 3.63) is 119 Å². The molecule has 0 aliphatic rings. The number of aromatic nitrogens is 2. The minimum Gasteiger partial charge on any atom is -0.504 e. The normalized spacial score (nSPS) is 11.4. The van der Waals surface area contributed by atoms with Crippen molar-refractivity contribution in [3.8, 4) is 44.9 Å². The quantitative estimate of drug-likeness (QED) is 0.152. The zero-order valence-corrected chi connectivity index (χ0v) is 23.2. The van der Waals surface area contributed by atoms with Crippen LogP contribution in [0.1, 0.15) is 15.9 Å². The number of anilines is 1. The van der Waals surface area contributed by atoms with Gasteiger partial charge in [-0.05, 0) is 52.6 Å². The van der Waals surface area contributed by atoms with Gasteiger partial charge < -0.3 is 20.1 Å². The number of rotatable bonds is 8. The molecule has 5 rings (SSSR count).